The number of hydrogen-bond acceptors (Lipinski definition) is 5. The zero-order valence-corrected chi connectivity index (χ0v) is 12.0. The average Bonchev–Trinajstić information content (AvgIpc) is 2.36. The third-order valence-electron chi connectivity index (χ3n) is 3.34. The van der Waals surface area contributed by atoms with Crippen molar-refractivity contribution in [2.75, 3.05) is 52.8 Å². The van der Waals surface area contributed by atoms with E-state index in [0.717, 1.165) is 25.9 Å². The second-order valence-corrected chi connectivity index (χ2v) is 6.74. The summed E-state index contributed by atoms with van der Waals surface area (Å²) >= 11 is 0. The number of rotatable bonds is 8. The first-order chi connectivity index (χ1) is 8.54. The molecule has 1 fully saturated rings. The van der Waals surface area contributed by atoms with Gasteiger partial charge in [0, 0.05) is 26.2 Å². The molecule has 0 aromatic carbocycles. The quantitative estimate of drug-likeness (QED) is 0.631. The Balaban J connectivity index is 2.51. The number of hydrogen-bond donors (Lipinski definition) is 2. The van der Waals surface area contributed by atoms with Crippen molar-refractivity contribution in [3.05, 3.63) is 0 Å². The molecule has 2 N–H and O–H groups in total. The van der Waals surface area contributed by atoms with Crippen LogP contribution in [-0.2, 0) is 19.5 Å². The zero-order valence-electron chi connectivity index (χ0n) is 11.2. The Hall–Kier alpha value is -0.210. The second kappa shape index (κ2) is 7.40. The van der Waals surface area contributed by atoms with Gasteiger partial charge in [0.25, 0.3) is 0 Å². The van der Waals surface area contributed by atoms with Gasteiger partial charge in [0.15, 0.2) is 0 Å². The van der Waals surface area contributed by atoms with E-state index in [0.29, 0.717) is 13.2 Å². The molecule has 0 amide bonds. The predicted molar refractivity (Wildman–Crippen MR) is 70.1 cm³/mol. The molecular weight excluding hydrogens is 256 g/mol. The van der Waals surface area contributed by atoms with Gasteiger partial charge in [0.2, 0.25) is 10.0 Å². The molecule has 0 aliphatic carbocycles. The fourth-order valence-corrected chi connectivity index (χ4v) is 3.22. The van der Waals surface area contributed by atoms with Gasteiger partial charge in [0.1, 0.15) is 0 Å². The molecule has 1 rings (SSSR count). The number of piperidine rings is 1. The van der Waals surface area contributed by atoms with E-state index in [1.165, 1.54) is 7.11 Å². The lowest BCUT2D eigenvalue weighted by Crippen LogP contribution is -2.47. The van der Waals surface area contributed by atoms with Gasteiger partial charge in [-0.1, -0.05) is 0 Å². The van der Waals surface area contributed by atoms with Gasteiger partial charge >= 0.3 is 0 Å². The first-order valence-corrected chi connectivity index (χ1v) is 7.85. The topological polar surface area (TPSA) is 76.7 Å². The minimum absolute atomic E-state index is 0.00477. The van der Waals surface area contributed by atoms with Gasteiger partial charge in [0.05, 0.1) is 19.0 Å². The van der Waals surface area contributed by atoms with Crippen LogP contribution in [0.3, 0.4) is 0 Å². The van der Waals surface area contributed by atoms with Crippen LogP contribution in [0.2, 0.25) is 0 Å². The number of sulfonamides is 1. The Kier molecular flexibility index (Phi) is 6.51. The highest BCUT2D eigenvalue weighted by Gasteiger charge is 2.33. The largest absolute Gasteiger partial charge is 0.384 e. The Morgan fingerprint density at radius 2 is 1.89 bits per heavy atom. The summed E-state index contributed by atoms with van der Waals surface area (Å²) in [5.74, 6) is 0.00477. The van der Waals surface area contributed by atoms with Gasteiger partial charge in [-0.3, -0.25) is 0 Å². The van der Waals surface area contributed by atoms with E-state index in [1.807, 2.05) is 0 Å². The molecule has 7 heteroatoms. The number of nitrogens with one attached hydrogen (secondary N) is 2. The molecule has 0 aromatic rings. The molecule has 1 aliphatic heterocycles. The molecule has 1 aliphatic rings. The molecule has 0 unspecified atom stereocenters. The standard InChI is InChI=1S/C11H24N2O4S/c1-16-7-8-18(14,15)13-9-11(10-17-2)3-5-12-6-4-11/h12-13H,3-10H2,1-2H3. The molecule has 0 bridgehead atoms. The summed E-state index contributed by atoms with van der Waals surface area (Å²) in [6.45, 7) is 3.05. The summed E-state index contributed by atoms with van der Waals surface area (Å²) in [5.41, 5.74) is -0.0832. The van der Waals surface area contributed by atoms with Crippen LogP contribution < -0.4 is 10.0 Å². The summed E-state index contributed by atoms with van der Waals surface area (Å²) in [4.78, 5) is 0. The number of methoxy groups -OCH3 is 2. The van der Waals surface area contributed by atoms with Crippen LogP contribution in [0.25, 0.3) is 0 Å². The zero-order chi connectivity index (χ0) is 13.5. The molecule has 1 heterocycles. The summed E-state index contributed by atoms with van der Waals surface area (Å²) < 4.78 is 36.2. The lowest BCUT2D eigenvalue weighted by molar-refractivity contribution is 0.0577. The van der Waals surface area contributed by atoms with E-state index in [2.05, 4.69) is 10.0 Å². The third-order valence-corrected chi connectivity index (χ3v) is 4.63. The first kappa shape index (κ1) is 15.8. The molecule has 0 aromatic heterocycles. The molecule has 0 atom stereocenters. The van der Waals surface area contributed by atoms with Crippen molar-refractivity contribution in [3.8, 4) is 0 Å². The van der Waals surface area contributed by atoms with E-state index < -0.39 is 10.0 Å². The van der Waals surface area contributed by atoms with Crippen molar-refractivity contribution in [3.63, 3.8) is 0 Å². The van der Waals surface area contributed by atoms with Crippen molar-refractivity contribution >= 4 is 10.0 Å². The van der Waals surface area contributed by atoms with Crippen molar-refractivity contribution in [2.45, 2.75) is 12.8 Å². The molecule has 0 radical (unpaired) electrons. The molecule has 108 valence electrons. The Morgan fingerprint density at radius 3 is 2.44 bits per heavy atom. The Bertz CT molecular complexity index is 320. The maximum absolute atomic E-state index is 11.7. The third kappa shape index (κ3) is 5.19. The highest BCUT2D eigenvalue weighted by molar-refractivity contribution is 7.89. The molecule has 0 saturated carbocycles. The lowest BCUT2D eigenvalue weighted by atomic mass is 9.80. The van der Waals surface area contributed by atoms with E-state index >= 15 is 0 Å². The van der Waals surface area contributed by atoms with Crippen molar-refractivity contribution < 1.29 is 17.9 Å². The summed E-state index contributed by atoms with van der Waals surface area (Å²) in [6, 6.07) is 0. The average molecular weight is 280 g/mol. The van der Waals surface area contributed by atoms with E-state index in [1.54, 1.807) is 7.11 Å². The normalized spacial score (nSPS) is 19.9. The molecule has 0 spiro atoms. The van der Waals surface area contributed by atoms with Gasteiger partial charge < -0.3 is 14.8 Å². The van der Waals surface area contributed by atoms with Crippen LogP contribution in [-0.4, -0.2) is 61.2 Å². The minimum Gasteiger partial charge on any atom is -0.384 e. The predicted octanol–water partition coefficient (Wildman–Crippen LogP) is -0.432. The van der Waals surface area contributed by atoms with E-state index in [-0.39, 0.29) is 17.8 Å². The Morgan fingerprint density at radius 1 is 1.22 bits per heavy atom. The van der Waals surface area contributed by atoms with E-state index in [9.17, 15) is 8.42 Å². The van der Waals surface area contributed by atoms with Crippen LogP contribution in [0.15, 0.2) is 0 Å². The van der Waals surface area contributed by atoms with Crippen LogP contribution >= 0.6 is 0 Å². The maximum Gasteiger partial charge on any atom is 0.213 e. The summed E-state index contributed by atoms with van der Waals surface area (Å²) in [5, 5.41) is 3.28. The SMILES string of the molecule is COCCS(=O)(=O)NCC1(COC)CCNCC1. The highest BCUT2D eigenvalue weighted by Crippen LogP contribution is 2.28. The highest BCUT2D eigenvalue weighted by atomic mass is 32.2. The van der Waals surface area contributed by atoms with Gasteiger partial charge in [-0.2, -0.15) is 0 Å². The second-order valence-electron chi connectivity index (χ2n) is 4.82. The molecular formula is C11H24N2O4S. The summed E-state index contributed by atoms with van der Waals surface area (Å²) in [6.07, 6.45) is 1.85. The fourth-order valence-electron chi connectivity index (χ4n) is 2.16. The summed E-state index contributed by atoms with van der Waals surface area (Å²) in [7, 11) is -0.0998. The first-order valence-electron chi connectivity index (χ1n) is 6.19. The van der Waals surface area contributed by atoms with Gasteiger partial charge in [-0.25, -0.2) is 13.1 Å². The van der Waals surface area contributed by atoms with Crippen LogP contribution in [0.5, 0.6) is 0 Å². The monoisotopic (exact) mass is 280 g/mol. The minimum atomic E-state index is -3.25. The van der Waals surface area contributed by atoms with Crippen LogP contribution in [0.1, 0.15) is 12.8 Å². The molecule has 1 saturated heterocycles. The van der Waals surface area contributed by atoms with Crippen LogP contribution in [0.4, 0.5) is 0 Å². The van der Waals surface area contributed by atoms with Crippen molar-refractivity contribution in [1.82, 2.24) is 10.0 Å². The maximum atomic E-state index is 11.7. The van der Waals surface area contributed by atoms with Crippen molar-refractivity contribution in [2.24, 2.45) is 5.41 Å². The number of ether oxygens (including phenoxy) is 2. The van der Waals surface area contributed by atoms with E-state index in [4.69, 9.17) is 9.47 Å². The Labute approximate surface area is 109 Å². The van der Waals surface area contributed by atoms with Crippen molar-refractivity contribution in [1.29, 1.82) is 0 Å². The fraction of sp³-hybridized carbons (Fsp3) is 1.00. The lowest BCUT2D eigenvalue weighted by Gasteiger charge is -2.37. The smallest absolute Gasteiger partial charge is 0.213 e. The van der Waals surface area contributed by atoms with Gasteiger partial charge in [-0.05, 0) is 25.9 Å². The molecule has 6 nitrogen and oxygen atoms in total. The molecule has 18 heavy (non-hydrogen) atoms. The van der Waals surface area contributed by atoms with Crippen LogP contribution in [0, 0.1) is 5.41 Å². The van der Waals surface area contributed by atoms with Gasteiger partial charge in [-0.15, -0.1) is 0 Å².